The molecule has 0 saturated carbocycles. The van der Waals surface area contributed by atoms with E-state index in [2.05, 4.69) is 54.6 Å². The molecule has 1 aromatic rings. The third kappa shape index (κ3) is 4.91. The Balaban J connectivity index is 2.57. The van der Waals surface area contributed by atoms with E-state index in [0.717, 1.165) is 32.0 Å². The second-order valence-electron chi connectivity index (χ2n) is 6.01. The summed E-state index contributed by atoms with van der Waals surface area (Å²) in [5.74, 6) is 1.13. The van der Waals surface area contributed by atoms with Crippen molar-refractivity contribution in [1.82, 2.24) is 19.8 Å². The van der Waals surface area contributed by atoms with Gasteiger partial charge in [0.1, 0.15) is 5.82 Å². The maximum Gasteiger partial charge on any atom is 0.122 e. The molecule has 1 aromatic heterocycles. The molecule has 0 spiro atoms. The molecule has 0 aliphatic carbocycles. The SMILES string of the molecule is CCCNCC(CC)(CC)CN(C)Cc1nccn1C. The molecule has 1 N–H and O–H groups in total. The van der Waals surface area contributed by atoms with Crippen LogP contribution < -0.4 is 5.32 Å². The van der Waals surface area contributed by atoms with Crippen LogP contribution in [0.15, 0.2) is 12.4 Å². The van der Waals surface area contributed by atoms with Gasteiger partial charge in [0.2, 0.25) is 0 Å². The van der Waals surface area contributed by atoms with Crippen molar-refractivity contribution in [3.63, 3.8) is 0 Å². The molecule has 0 amide bonds. The van der Waals surface area contributed by atoms with Crippen molar-refractivity contribution in [3.8, 4) is 0 Å². The van der Waals surface area contributed by atoms with E-state index >= 15 is 0 Å². The highest BCUT2D eigenvalue weighted by Gasteiger charge is 2.27. The van der Waals surface area contributed by atoms with Gasteiger partial charge in [-0.15, -0.1) is 0 Å². The maximum atomic E-state index is 4.42. The summed E-state index contributed by atoms with van der Waals surface area (Å²) in [6, 6.07) is 0. The molecule has 0 bridgehead atoms. The van der Waals surface area contributed by atoms with E-state index in [4.69, 9.17) is 0 Å². The van der Waals surface area contributed by atoms with Crippen LogP contribution in [0.5, 0.6) is 0 Å². The third-order valence-electron chi connectivity index (χ3n) is 4.36. The zero-order valence-electron chi connectivity index (χ0n) is 13.9. The highest BCUT2D eigenvalue weighted by atomic mass is 15.2. The van der Waals surface area contributed by atoms with Crippen LogP contribution in [0.3, 0.4) is 0 Å². The lowest BCUT2D eigenvalue weighted by atomic mass is 9.81. The summed E-state index contributed by atoms with van der Waals surface area (Å²) in [6.07, 6.45) is 7.51. The standard InChI is InChI=1S/C16H32N4/c1-6-9-17-13-16(7-2,8-3)14-19(4)12-15-18-10-11-20(15)5/h10-11,17H,6-9,12-14H2,1-5H3. The largest absolute Gasteiger partial charge is 0.337 e. The summed E-state index contributed by atoms with van der Waals surface area (Å²) < 4.78 is 2.10. The molecular weight excluding hydrogens is 248 g/mol. The normalized spacial score (nSPS) is 12.3. The Kier molecular flexibility index (Phi) is 7.24. The van der Waals surface area contributed by atoms with E-state index in [0.29, 0.717) is 5.41 Å². The fraction of sp³-hybridized carbons (Fsp3) is 0.812. The molecule has 1 rings (SSSR count). The van der Waals surface area contributed by atoms with Crippen molar-refractivity contribution in [3.05, 3.63) is 18.2 Å². The number of nitrogens with zero attached hydrogens (tertiary/aromatic N) is 3. The minimum Gasteiger partial charge on any atom is -0.337 e. The molecule has 0 radical (unpaired) electrons. The third-order valence-corrected chi connectivity index (χ3v) is 4.36. The average Bonchev–Trinajstić information content (AvgIpc) is 2.83. The van der Waals surface area contributed by atoms with Gasteiger partial charge in [-0.25, -0.2) is 4.98 Å². The molecular formula is C16H32N4. The Morgan fingerprint density at radius 1 is 1.30 bits per heavy atom. The smallest absolute Gasteiger partial charge is 0.122 e. The molecule has 1 heterocycles. The molecule has 4 nitrogen and oxygen atoms in total. The van der Waals surface area contributed by atoms with Gasteiger partial charge >= 0.3 is 0 Å². The highest BCUT2D eigenvalue weighted by Crippen LogP contribution is 2.27. The first-order valence-corrected chi connectivity index (χ1v) is 7.92. The predicted octanol–water partition coefficient (Wildman–Crippen LogP) is 2.66. The Labute approximate surface area is 124 Å². The number of imidazole rings is 1. The first-order valence-electron chi connectivity index (χ1n) is 7.92. The van der Waals surface area contributed by atoms with E-state index in [1.807, 2.05) is 12.4 Å². The van der Waals surface area contributed by atoms with Gasteiger partial charge in [0.05, 0.1) is 6.54 Å². The first kappa shape index (κ1) is 17.2. The number of rotatable bonds is 10. The Morgan fingerprint density at radius 3 is 2.50 bits per heavy atom. The van der Waals surface area contributed by atoms with Gasteiger partial charge in [-0.1, -0.05) is 20.8 Å². The molecule has 0 atom stereocenters. The van der Waals surface area contributed by atoms with Gasteiger partial charge in [0.25, 0.3) is 0 Å². The molecule has 0 aliphatic heterocycles. The molecule has 0 aromatic carbocycles. The lowest BCUT2D eigenvalue weighted by Crippen LogP contribution is -2.42. The van der Waals surface area contributed by atoms with Gasteiger partial charge in [0.15, 0.2) is 0 Å². The van der Waals surface area contributed by atoms with Gasteiger partial charge in [-0.2, -0.15) is 0 Å². The summed E-state index contributed by atoms with van der Waals surface area (Å²) in [7, 11) is 4.26. The van der Waals surface area contributed by atoms with Crippen LogP contribution in [0.4, 0.5) is 0 Å². The molecule has 0 fully saturated rings. The molecule has 20 heavy (non-hydrogen) atoms. The quantitative estimate of drug-likeness (QED) is 0.669. The minimum atomic E-state index is 0.370. The van der Waals surface area contributed by atoms with Gasteiger partial charge < -0.3 is 9.88 Å². The van der Waals surface area contributed by atoms with Gasteiger partial charge in [-0.05, 0) is 38.3 Å². The lowest BCUT2D eigenvalue weighted by molar-refractivity contribution is 0.148. The summed E-state index contributed by atoms with van der Waals surface area (Å²) in [6.45, 7) is 11.1. The molecule has 0 aliphatic rings. The van der Waals surface area contributed by atoms with Crippen molar-refractivity contribution in [2.45, 2.75) is 46.6 Å². The predicted molar refractivity (Wildman–Crippen MR) is 85.7 cm³/mol. The minimum absolute atomic E-state index is 0.370. The zero-order valence-corrected chi connectivity index (χ0v) is 13.9. The summed E-state index contributed by atoms with van der Waals surface area (Å²) >= 11 is 0. The summed E-state index contributed by atoms with van der Waals surface area (Å²) in [5, 5.41) is 3.61. The highest BCUT2D eigenvalue weighted by molar-refractivity contribution is 4.92. The van der Waals surface area contributed by atoms with E-state index in [-0.39, 0.29) is 0 Å². The number of aryl methyl sites for hydroxylation is 1. The van der Waals surface area contributed by atoms with Crippen LogP contribution in [0, 0.1) is 5.41 Å². The number of nitrogens with one attached hydrogen (secondary N) is 1. The second-order valence-corrected chi connectivity index (χ2v) is 6.01. The van der Waals surface area contributed by atoms with Gasteiger partial charge in [0, 0.05) is 32.5 Å². The van der Waals surface area contributed by atoms with Crippen LogP contribution in [-0.2, 0) is 13.6 Å². The van der Waals surface area contributed by atoms with E-state index in [1.165, 1.54) is 19.3 Å². The number of aromatic nitrogens is 2. The van der Waals surface area contributed by atoms with Crippen LogP contribution in [-0.4, -0.2) is 41.1 Å². The number of hydrogen-bond donors (Lipinski definition) is 1. The molecule has 4 heteroatoms. The fourth-order valence-electron chi connectivity index (χ4n) is 2.73. The van der Waals surface area contributed by atoms with Crippen LogP contribution in [0.1, 0.15) is 45.9 Å². The topological polar surface area (TPSA) is 33.1 Å². The van der Waals surface area contributed by atoms with Crippen molar-refractivity contribution < 1.29 is 0 Å². The van der Waals surface area contributed by atoms with Crippen molar-refractivity contribution in [2.75, 3.05) is 26.7 Å². The molecule has 116 valence electrons. The van der Waals surface area contributed by atoms with Crippen LogP contribution in [0.25, 0.3) is 0 Å². The van der Waals surface area contributed by atoms with E-state index in [9.17, 15) is 0 Å². The molecule has 0 unspecified atom stereocenters. The van der Waals surface area contributed by atoms with Crippen LogP contribution >= 0.6 is 0 Å². The average molecular weight is 280 g/mol. The Morgan fingerprint density at radius 2 is 2.00 bits per heavy atom. The maximum absolute atomic E-state index is 4.42. The van der Waals surface area contributed by atoms with E-state index < -0.39 is 0 Å². The zero-order chi connectivity index (χ0) is 15.0. The monoisotopic (exact) mass is 280 g/mol. The summed E-state index contributed by atoms with van der Waals surface area (Å²) in [4.78, 5) is 6.82. The fourth-order valence-corrected chi connectivity index (χ4v) is 2.73. The van der Waals surface area contributed by atoms with E-state index in [1.54, 1.807) is 0 Å². The Hall–Kier alpha value is -0.870. The van der Waals surface area contributed by atoms with Crippen molar-refractivity contribution in [2.24, 2.45) is 12.5 Å². The number of hydrogen-bond acceptors (Lipinski definition) is 3. The second kappa shape index (κ2) is 8.42. The first-order chi connectivity index (χ1) is 9.56. The Bertz CT molecular complexity index is 368. The van der Waals surface area contributed by atoms with Crippen molar-refractivity contribution in [1.29, 1.82) is 0 Å². The van der Waals surface area contributed by atoms with Crippen molar-refractivity contribution >= 4 is 0 Å². The van der Waals surface area contributed by atoms with Crippen LogP contribution in [0.2, 0.25) is 0 Å². The van der Waals surface area contributed by atoms with Gasteiger partial charge in [-0.3, -0.25) is 4.90 Å². The molecule has 0 saturated heterocycles. The summed E-state index contributed by atoms with van der Waals surface area (Å²) in [5.41, 5.74) is 0.370. The lowest BCUT2D eigenvalue weighted by Gasteiger charge is -2.36.